The van der Waals surface area contributed by atoms with E-state index in [0.717, 1.165) is 17.0 Å². The van der Waals surface area contributed by atoms with Crippen LogP contribution in [0.2, 0.25) is 0 Å². The first-order valence-electron chi connectivity index (χ1n) is 10.1. The molecule has 0 saturated carbocycles. The quantitative estimate of drug-likeness (QED) is 0.445. The van der Waals surface area contributed by atoms with E-state index in [9.17, 15) is 14.4 Å². The molecule has 1 N–H and O–H groups in total. The van der Waals surface area contributed by atoms with Crippen molar-refractivity contribution in [2.45, 2.75) is 19.4 Å². The number of rotatable bonds is 2. The lowest BCUT2D eigenvalue weighted by molar-refractivity contribution is -0.143. The molecule has 1 saturated heterocycles. The Labute approximate surface area is 178 Å². The summed E-state index contributed by atoms with van der Waals surface area (Å²) in [5, 5.41) is 2.60. The largest absolute Gasteiger partial charge is 0.454 e. The van der Waals surface area contributed by atoms with Gasteiger partial charge in [0.1, 0.15) is 5.75 Å². The number of nitrogens with zero attached hydrogens (tertiary/aromatic N) is 2. The Morgan fingerprint density at radius 3 is 2.71 bits per heavy atom. The van der Waals surface area contributed by atoms with Crippen molar-refractivity contribution in [2.75, 3.05) is 36.6 Å². The zero-order chi connectivity index (χ0) is 21.5. The molecule has 9 heteroatoms. The molecule has 3 heterocycles. The maximum absolute atomic E-state index is 12.7. The Morgan fingerprint density at radius 2 is 1.87 bits per heavy atom. The van der Waals surface area contributed by atoms with Crippen molar-refractivity contribution in [2.24, 2.45) is 0 Å². The van der Waals surface area contributed by atoms with E-state index in [1.807, 2.05) is 25.1 Å². The normalized spacial score (nSPS) is 19.1. The molecule has 0 aliphatic carbocycles. The van der Waals surface area contributed by atoms with Crippen LogP contribution in [0.4, 0.5) is 11.4 Å². The number of carbonyl (C=O) groups is 3. The summed E-state index contributed by atoms with van der Waals surface area (Å²) in [6, 6.07) is 10.7. The lowest BCUT2D eigenvalue weighted by atomic mass is 10.1. The first-order chi connectivity index (χ1) is 15.0. The maximum atomic E-state index is 12.7. The third kappa shape index (κ3) is 3.63. The van der Waals surface area contributed by atoms with Gasteiger partial charge in [-0.3, -0.25) is 14.4 Å². The fourth-order valence-electron chi connectivity index (χ4n) is 4.11. The topological polar surface area (TPSA) is 97.4 Å². The zero-order valence-electron chi connectivity index (χ0n) is 16.9. The molecular formula is C22H21N3O6. The highest BCUT2D eigenvalue weighted by molar-refractivity contribution is 6.39. The van der Waals surface area contributed by atoms with Crippen molar-refractivity contribution in [3.63, 3.8) is 0 Å². The number of esters is 1. The van der Waals surface area contributed by atoms with Gasteiger partial charge >= 0.3 is 17.8 Å². The Morgan fingerprint density at radius 1 is 1.03 bits per heavy atom. The molecule has 31 heavy (non-hydrogen) atoms. The molecule has 1 fully saturated rings. The van der Waals surface area contributed by atoms with Gasteiger partial charge < -0.3 is 29.3 Å². The summed E-state index contributed by atoms with van der Waals surface area (Å²) >= 11 is 0. The van der Waals surface area contributed by atoms with Crippen LogP contribution in [-0.2, 0) is 20.8 Å². The molecule has 0 unspecified atom stereocenters. The summed E-state index contributed by atoms with van der Waals surface area (Å²) in [4.78, 5) is 40.3. The van der Waals surface area contributed by atoms with Crippen molar-refractivity contribution in [1.82, 2.24) is 4.90 Å². The highest BCUT2D eigenvalue weighted by Gasteiger charge is 2.31. The molecular weight excluding hydrogens is 402 g/mol. The van der Waals surface area contributed by atoms with Gasteiger partial charge in [0, 0.05) is 54.7 Å². The van der Waals surface area contributed by atoms with Crippen LogP contribution in [0.3, 0.4) is 0 Å². The summed E-state index contributed by atoms with van der Waals surface area (Å²) < 4.78 is 15.9. The molecule has 160 valence electrons. The van der Waals surface area contributed by atoms with Gasteiger partial charge in [0.15, 0.2) is 11.5 Å². The van der Waals surface area contributed by atoms with Crippen LogP contribution in [0.1, 0.15) is 12.5 Å². The highest BCUT2D eigenvalue weighted by Crippen LogP contribution is 2.36. The van der Waals surface area contributed by atoms with Crippen molar-refractivity contribution < 1.29 is 28.6 Å². The zero-order valence-corrected chi connectivity index (χ0v) is 16.9. The van der Waals surface area contributed by atoms with E-state index in [0.29, 0.717) is 36.8 Å². The number of hydrogen-bond donors (Lipinski definition) is 1. The number of hydrogen-bond acceptors (Lipinski definition) is 7. The smallest absolute Gasteiger partial charge is 0.315 e. The summed E-state index contributed by atoms with van der Waals surface area (Å²) in [5.74, 6) is 0.221. The number of benzene rings is 2. The Balaban J connectivity index is 1.21. The van der Waals surface area contributed by atoms with Gasteiger partial charge in [-0.05, 0) is 25.1 Å². The van der Waals surface area contributed by atoms with Crippen LogP contribution in [0.15, 0.2) is 36.4 Å². The first-order valence-corrected chi connectivity index (χ1v) is 10.1. The Kier molecular flexibility index (Phi) is 4.65. The summed E-state index contributed by atoms with van der Waals surface area (Å²) in [5.41, 5.74) is 2.17. The average molecular weight is 423 g/mol. The SMILES string of the molecule is C[C@@H]1CN(C(=O)C(=O)Nc2ccc3c(c2)OC(=O)C3)CCN1c1ccc2c(c1)OCO2. The fourth-order valence-corrected chi connectivity index (χ4v) is 4.11. The van der Waals surface area contributed by atoms with Crippen LogP contribution in [-0.4, -0.2) is 55.2 Å². The number of amides is 2. The van der Waals surface area contributed by atoms with Gasteiger partial charge in [0.05, 0.1) is 6.42 Å². The number of nitrogens with one attached hydrogen (secondary N) is 1. The molecule has 0 radical (unpaired) electrons. The monoisotopic (exact) mass is 423 g/mol. The molecule has 3 aliphatic rings. The molecule has 9 nitrogen and oxygen atoms in total. The average Bonchev–Trinajstić information content (AvgIpc) is 3.37. The van der Waals surface area contributed by atoms with Gasteiger partial charge in [0.25, 0.3) is 0 Å². The number of piperazine rings is 1. The van der Waals surface area contributed by atoms with Crippen LogP contribution in [0.5, 0.6) is 17.2 Å². The van der Waals surface area contributed by atoms with Crippen molar-refractivity contribution in [3.8, 4) is 17.2 Å². The third-order valence-corrected chi connectivity index (χ3v) is 5.68. The van der Waals surface area contributed by atoms with Crippen LogP contribution < -0.4 is 24.4 Å². The van der Waals surface area contributed by atoms with Gasteiger partial charge in [-0.15, -0.1) is 0 Å². The molecule has 2 aromatic rings. The highest BCUT2D eigenvalue weighted by atomic mass is 16.7. The Hall–Kier alpha value is -3.75. The lowest BCUT2D eigenvalue weighted by Crippen LogP contribution is -2.55. The van der Waals surface area contributed by atoms with Crippen molar-refractivity contribution in [3.05, 3.63) is 42.0 Å². The molecule has 1 atom stereocenters. The number of anilines is 2. The van der Waals surface area contributed by atoms with Crippen molar-refractivity contribution >= 4 is 29.2 Å². The van der Waals surface area contributed by atoms with E-state index in [2.05, 4.69) is 10.2 Å². The summed E-state index contributed by atoms with van der Waals surface area (Å²) in [7, 11) is 0. The first kappa shape index (κ1) is 19.2. The molecule has 0 aromatic heterocycles. The number of fused-ring (bicyclic) bond motifs is 2. The molecule has 2 amide bonds. The fraction of sp³-hybridized carbons (Fsp3) is 0.318. The van der Waals surface area contributed by atoms with E-state index in [-0.39, 0.29) is 25.2 Å². The van der Waals surface area contributed by atoms with Crippen LogP contribution in [0.25, 0.3) is 0 Å². The summed E-state index contributed by atoms with van der Waals surface area (Å²) in [6.45, 7) is 3.67. The second-order valence-corrected chi connectivity index (χ2v) is 7.76. The van der Waals surface area contributed by atoms with Gasteiger partial charge in [-0.1, -0.05) is 6.07 Å². The molecule has 2 aromatic carbocycles. The minimum absolute atomic E-state index is 0.0188. The maximum Gasteiger partial charge on any atom is 0.315 e. The Bertz CT molecular complexity index is 1080. The third-order valence-electron chi connectivity index (χ3n) is 5.68. The second kappa shape index (κ2) is 7.50. The number of ether oxygens (including phenoxy) is 3. The second-order valence-electron chi connectivity index (χ2n) is 7.76. The lowest BCUT2D eigenvalue weighted by Gasteiger charge is -2.41. The van der Waals surface area contributed by atoms with E-state index < -0.39 is 11.8 Å². The molecule has 5 rings (SSSR count). The molecule has 0 bridgehead atoms. The van der Waals surface area contributed by atoms with Gasteiger partial charge in [-0.2, -0.15) is 0 Å². The van der Waals surface area contributed by atoms with Crippen molar-refractivity contribution in [1.29, 1.82) is 0 Å². The van der Waals surface area contributed by atoms with E-state index in [1.54, 1.807) is 23.1 Å². The predicted molar refractivity (Wildman–Crippen MR) is 110 cm³/mol. The minimum Gasteiger partial charge on any atom is -0.454 e. The van der Waals surface area contributed by atoms with E-state index >= 15 is 0 Å². The van der Waals surface area contributed by atoms with Crippen LogP contribution >= 0.6 is 0 Å². The predicted octanol–water partition coefficient (Wildman–Crippen LogP) is 1.55. The van der Waals surface area contributed by atoms with Crippen LogP contribution in [0, 0.1) is 0 Å². The standard InChI is InChI=1S/C22H21N3O6/c1-13-11-24(6-7-25(13)16-4-5-17-19(10-16)30-12-29-17)22(28)21(27)23-15-3-2-14-8-20(26)31-18(14)9-15/h2-5,9-10,13H,6-8,11-12H2,1H3,(H,23,27)/t13-/m1/s1. The van der Waals surface area contributed by atoms with Gasteiger partial charge in [-0.25, -0.2) is 0 Å². The van der Waals surface area contributed by atoms with Gasteiger partial charge in [0.2, 0.25) is 6.79 Å². The van der Waals surface area contributed by atoms with E-state index in [4.69, 9.17) is 14.2 Å². The minimum atomic E-state index is -0.715. The number of carbonyl (C=O) groups excluding carboxylic acids is 3. The molecule has 0 spiro atoms. The van der Waals surface area contributed by atoms with E-state index in [1.165, 1.54) is 0 Å². The summed E-state index contributed by atoms with van der Waals surface area (Å²) in [6.07, 6.45) is 0.216. The molecule has 3 aliphatic heterocycles.